The van der Waals surface area contributed by atoms with Gasteiger partial charge in [0.05, 0.1) is 16.2 Å². The summed E-state index contributed by atoms with van der Waals surface area (Å²) in [6, 6.07) is 9.84. The fourth-order valence-electron chi connectivity index (χ4n) is 2.84. The minimum absolute atomic E-state index is 0.136. The fourth-order valence-corrected chi connectivity index (χ4v) is 4.33. The van der Waals surface area contributed by atoms with Gasteiger partial charge in [0.25, 0.3) is 5.91 Å². The molecular weight excluding hydrogens is 460 g/mol. The Bertz CT molecular complexity index is 1070. The molecule has 0 unspecified atom stereocenters. The van der Waals surface area contributed by atoms with Gasteiger partial charge in [-0.15, -0.1) is 0 Å². The molecule has 7 nitrogen and oxygen atoms in total. The van der Waals surface area contributed by atoms with Crippen molar-refractivity contribution in [3.63, 3.8) is 0 Å². The molecule has 0 radical (unpaired) electrons. The molecule has 0 saturated carbocycles. The van der Waals surface area contributed by atoms with E-state index in [9.17, 15) is 9.59 Å². The third kappa shape index (κ3) is 3.88. The van der Waals surface area contributed by atoms with Crippen LogP contribution in [-0.2, 0) is 4.79 Å². The molecule has 1 N–H and O–H groups in total. The average Bonchev–Trinajstić information content (AvgIpc) is 3.26. The van der Waals surface area contributed by atoms with Crippen molar-refractivity contribution < 1.29 is 24.2 Å². The summed E-state index contributed by atoms with van der Waals surface area (Å²) in [5, 5.41) is 9.55. The third-order valence-corrected chi connectivity index (χ3v) is 6.02. The molecule has 148 valence electrons. The number of carboxylic acids is 1. The molecule has 0 bridgehead atoms. The number of hydrogen-bond acceptors (Lipinski definition) is 6. The molecule has 2 aromatic carbocycles. The van der Waals surface area contributed by atoms with E-state index >= 15 is 0 Å². The van der Waals surface area contributed by atoms with Crippen LogP contribution >= 0.6 is 27.7 Å². The van der Waals surface area contributed by atoms with Gasteiger partial charge in [-0.05, 0) is 66.7 Å². The highest BCUT2D eigenvalue weighted by Crippen LogP contribution is 2.40. The number of benzene rings is 2. The highest BCUT2D eigenvalue weighted by atomic mass is 79.9. The quantitative estimate of drug-likeness (QED) is 0.656. The predicted octanol–water partition coefficient (Wildman–Crippen LogP) is 4.50. The first-order valence-corrected chi connectivity index (χ1v) is 10.3. The number of thioether (sulfide) groups is 1. The average molecular weight is 475 g/mol. The maximum atomic E-state index is 12.8. The Hall–Kier alpha value is -2.78. The van der Waals surface area contributed by atoms with Crippen molar-refractivity contribution in [2.24, 2.45) is 4.99 Å². The van der Waals surface area contributed by atoms with Crippen LogP contribution in [0, 0.1) is 0 Å². The van der Waals surface area contributed by atoms with Gasteiger partial charge in [0.15, 0.2) is 16.7 Å². The molecule has 0 aromatic heterocycles. The van der Waals surface area contributed by atoms with Crippen LogP contribution < -0.4 is 9.47 Å². The molecule has 1 amide bonds. The summed E-state index contributed by atoms with van der Waals surface area (Å²) >= 11 is 4.78. The van der Waals surface area contributed by atoms with E-state index in [-0.39, 0.29) is 18.3 Å². The van der Waals surface area contributed by atoms with Crippen LogP contribution in [0.3, 0.4) is 0 Å². The van der Waals surface area contributed by atoms with Crippen molar-refractivity contribution in [2.45, 2.75) is 6.92 Å². The number of fused-ring (bicyclic) bond motifs is 1. The van der Waals surface area contributed by atoms with Gasteiger partial charge in [0.1, 0.15) is 0 Å². The minimum Gasteiger partial charge on any atom is -0.478 e. The monoisotopic (exact) mass is 474 g/mol. The summed E-state index contributed by atoms with van der Waals surface area (Å²) in [5.41, 5.74) is 1.56. The Labute approximate surface area is 179 Å². The van der Waals surface area contributed by atoms with Crippen molar-refractivity contribution in [3.05, 3.63) is 56.9 Å². The van der Waals surface area contributed by atoms with E-state index in [1.807, 2.05) is 19.1 Å². The lowest BCUT2D eigenvalue weighted by molar-refractivity contribution is -0.122. The first-order chi connectivity index (χ1) is 14.0. The fraction of sp³-hybridized carbons (Fsp3) is 0.150. The number of likely N-dealkylation sites (N-methyl/N-ethyl adjacent to an activating group) is 1. The summed E-state index contributed by atoms with van der Waals surface area (Å²) in [7, 11) is 0. The number of aliphatic imine (C=N–C) groups is 1. The Kier molecular flexibility index (Phi) is 5.33. The van der Waals surface area contributed by atoms with E-state index in [1.54, 1.807) is 23.1 Å². The molecule has 0 aliphatic carbocycles. The lowest BCUT2D eigenvalue weighted by Gasteiger charge is -2.12. The van der Waals surface area contributed by atoms with Crippen LogP contribution in [0.4, 0.5) is 5.69 Å². The van der Waals surface area contributed by atoms with E-state index < -0.39 is 5.97 Å². The lowest BCUT2D eigenvalue weighted by atomic mass is 10.2. The highest BCUT2D eigenvalue weighted by Gasteiger charge is 2.32. The molecule has 0 atom stereocenters. The maximum Gasteiger partial charge on any atom is 0.335 e. The number of hydrogen-bond donors (Lipinski definition) is 1. The number of aromatic carboxylic acids is 1. The van der Waals surface area contributed by atoms with Crippen LogP contribution in [0.15, 0.2) is 50.8 Å². The number of rotatable bonds is 4. The normalized spacial score (nSPS) is 18.1. The van der Waals surface area contributed by atoms with Crippen molar-refractivity contribution in [2.75, 3.05) is 13.3 Å². The number of carbonyl (C=O) groups is 2. The smallest absolute Gasteiger partial charge is 0.335 e. The molecule has 1 saturated heterocycles. The molecule has 2 heterocycles. The summed E-state index contributed by atoms with van der Waals surface area (Å²) in [6.07, 6.45) is 1.79. The van der Waals surface area contributed by atoms with Crippen molar-refractivity contribution in [1.29, 1.82) is 0 Å². The van der Waals surface area contributed by atoms with Crippen LogP contribution in [0.1, 0.15) is 22.8 Å². The van der Waals surface area contributed by atoms with E-state index in [4.69, 9.17) is 14.6 Å². The number of amides is 1. The number of ether oxygens (including phenoxy) is 2. The van der Waals surface area contributed by atoms with Gasteiger partial charge in [-0.3, -0.25) is 9.69 Å². The molecule has 2 aliphatic heterocycles. The van der Waals surface area contributed by atoms with Crippen molar-refractivity contribution in [1.82, 2.24) is 4.90 Å². The second kappa shape index (κ2) is 7.92. The van der Waals surface area contributed by atoms with Gasteiger partial charge in [-0.1, -0.05) is 15.9 Å². The van der Waals surface area contributed by atoms with Gasteiger partial charge in [0, 0.05) is 11.0 Å². The summed E-state index contributed by atoms with van der Waals surface area (Å²) in [6.45, 7) is 2.52. The molecular formula is C20H15BrN2O5S. The van der Waals surface area contributed by atoms with Crippen LogP contribution in [0.2, 0.25) is 0 Å². The van der Waals surface area contributed by atoms with E-state index in [1.165, 1.54) is 23.9 Å². The second-order valence-corrected chi connectivity index (χ2v) is 8.00. The van der Waals surface area contributed by atoms with Crippen LogP contribution in [0.5, 0.6) is 11.5 Å². The van der Waals surface area contributed by atoms with Gasteiger partial charge in [-0.25, -0.2) is 9.79 Å². The SMILES string of the molecule is CCN1C(=O)C(=Cc2cc3c(cc2Br)OCO3)SC1=Nc1ccc(C(=O)O)cc1. The van der Waals surface area contributed by atoms with Gasteiger partial charge < -0.3 is 14.6 Å². The Morgan fingerprint density at radius 1 is 1.28 bits per heavy atom. The Balaban J connectivity index is 1.65. The van der Waals surface area contributed by atoms with Gasteiger partial charge in [0.2, 0.25) is 6.79 Å². The third-order valence-electron chi connectivity index (χ3n) is 4.32. The number of amidine groups is 1. The van der Waals surface area contributed by atoms with E-state index in [2.05, 4.69) is 20.9 Å². The molecule has 9 heteroatoms. The zero-order valence-corrected chi connectivity index (χ0v) is 17.6. The number of nitrogens with zero attached hydrogens (tertiary/aromatic N) is 2. The zero-order chi connectivity index (χ0) is 20.5. The number of halogens is 1. The molecule has 4 rings (SSSR count). The second-order valence-electron chi connectivity index (χ2n) is 6.13. The zero-order valence-electron chi connectivity index (χ0n) is 15.2. The summed E-state index contributed by atoms with van der Waals surface area (Å²) in [4.78, 5) is 30.5. The number of carbonyl (C=O) groups excluding carboxylic acids is 1. The highest BCUT2D eigenvalue weighted by molar-refractivity contribution is 9.10. The largest absolute Gasteiger partial charge is 0.478 e. The first kappa shape index (κ1) is 19.5. The summed E-state index contributed by atoms with van der Waals surface area (Å²) < 4.78 is 11.6. The maximum absolute atomic E-state index is 12.8. The molecule has 1 fully saturated rings. The standard InChI is InChI=1S/C20H15BrN2O5S/c1-2-23-18(24)17(8-12-7-15-16(9-14(12)21)28-10-27-15)29-20(23)22-13-5-3-11(4-6-13)19(25)26/h3-9H,2,10H2,1H3,(H,25,26). The Morgan fingerprint density at radius 2 is 1.97 bits per heavy atom. The van der Waals surface area contributed by atoms with Crippen molar-refractivity contribution in [3.8, 4) is 11.5 Å². The first-order valence-electron chi connectivity index (χ1n) is 8.69. The van der Waals surface area contributed by atoms with E-state index in [0.29, 0.717) is 33.8 Å². The van der Waals surface area contributed by atoms with Crippen LogP contribution in [-0.4, -0.2) is 40.4 Å². The minimum atomic E-state index is -0.996. The number of carboxylic acid groups (broad SMARTS) is 1. The lowest BCUT2D eigenvalue weighted by Crippen LogP contribution is -2.28. The molecule has 0 spiro atoms. The van der Waals surface area contributed by atoms with Crippen molar-refractivity contribution >= 4 is 56.5 Å². The molecule has 29 heavy (non-hydrogen) atoms. The van der Waals surface area contributed by atoms with E-state index in [0.717, 1.165) is 10.0 Å². The van der Waals surface area contributed by atoms with Gasteiger partial charge >= 0.3 is 5.97 Å². The van der Waals surface area contributed by atoms with Gasteiger partial charge in [-0.2, -0.15) is 0 Å². The summed E-state index contributed by atoms with van der Waals surface area (Å²) in [5.74, 6) is 0.161. The predicted molar refractivity (Wildman–Crippen MR) is 114 cm³/mol. The molecule has 2 aromatic rings. The Morgan fingerprint density at radius 3 is 2.62 bits per heavy atom. The topological polar surface area (TPSA) is 88.4 Å². The molecule has 2 aliphatic rings. The van der Waals surface area contributed by atoms with Crippen LogP contribution in [0.25, 0.3) is 6.08 Å².